The van der Waals surface area contributed by atoms with E-state index in [4.69, 9.17) is 23.2 Å². The van der Waals surface area contributed by atoms with E-state index in [0.717, 1.165) is 24.8 Å². The topological polar surface area (TPSA) is 29.1 Å². The first-order valence-electron chi connectivity index (χ1n) is 4.87. The number of amides is 1. The van der Waals surface area contributed by atoms with Gasteiger partial charge >= 0.3 is 0 Å². The van der Waals surface area contributed by atoms with Crippen LogP contribution in [0.15, 0.2) is 18.2 Å². The van der Waals surface area contributed by atoms with Gasteiger partial charge in [-0.15, -0.1) is 0 Å². The fourth-order valence-corrected chi connectivity index (χ4v) is 2.51. The van der Waals surface area contributed by atoms with Gasteiger partial charge in [0.2, 0.25) is 6.41 Å². The molecule has 1 aliphatic rings. The van der Waals surface area contributed by atoms with Gasteiger partial charge in [-0.1, -0.05) is 29.3 Å². The number of rotatable bonds is 3. The molecule has 1 fully saturated rings. The molecule has 0 aliphatic heterocycles. The molecule has 1 N–H and O–H groups in total. The third kappa shape index (κ3) is 2.11. The summed E-state index contributed by atoms with van der Waals surface area (Å²) in [5.74, 6) is 0.333. The smallest absolute Gasteiger partial charge is 0.207 e. The molecule has 1 amide bonds. The fraction of sp³-hybridized carbons (Fsp3) is 0.364. The highest BCUT2D eigenvalue weighted by Gasteiger charge is 2.32. The van der Waals surface area contributed by atoms with Gasteiger partial charge in [0, 0.05) is 22.0 Å². The van der Waals surface area contributed by atoms with Gasteiger partial charge in [0.05, 0.1) is 0 Å². The number of hydrogen-bond acceptors (Lipinski definition) is 1. The number of carbonyl (C=O) groups excluding carboxylic acids is 1. The van der Waals surface area contributed by atoms with Crippen LogP contribution in [-0.2, 0) is 4.79 Å². The van der Waals surface area contributed by atoms with Crippen LogP contribution < -0.4 is 5.32 Å². The standard InChI is InChI=1S/C11H11Cl2NO/c12-7-1-2-8(10(13)5-7)9-3-4-11(9)14-6-15/h1-2,5-6,9,11H,3-4H2,(H,14,15)/t9-,11-/m0/s1. The zero-order chi connectivity index (χ0) is 10.8. The molecular formula is C11H11Cl2NO. The molecule has 80 valence electrons. The number of nitrogens with one attached hydrogen (secondary N) is 1. The van der Waals surface area contributed by atoms with Crippen molar-refractivity contribution in [2.24, 2.45) is 0 Å². The molecule has 1 aromatic carbocycles. The highest BCUT2D eigenvalue weighted by Crippen LogP contribution is 2.40. The molecule has 2 nitrogen and oxygen atoms in total. The van der Waals surface area contributed by atoms with Crippen molar-refractivity contribution < 1.29 is 4.79 Å². The summed E-state index contributed by atoms with van der Waals surface area (Å²) in [5, 5.41) is 4.13. The molecule has 4 heteroatoms. The Morgan fingerprint density at radius 1 is 1.33 bits per heavy atom. The minimum absolute atomic E-state index is 0.223. The zero-order valence-corrected chi connectivity index (χ0v) is 9.55. The van der Waals surface area contributed by atoms with E-state index in [9.17, 15) is 4.79 Å². The van der Waals surface area contributed by atoms with E-state index < -0.39 is 0 Å². The van der Waals surface area contributed by atoms with Crippen LogP contribution in [0.25, 0.3) is 0 Å². The number of benzene rings is 1. The second kappa shape index (κ2) is 4.42. The quantitative estimate of drug-likeness (QED) is 0.813. The van der Waals surface area contributed by atoms with Crippen molar-refractivity contribution >= 4 is 29.6 Å². The number of hydrogen-bond donors (Lipinski definition) is 1. The molecule has 0 aromatic heterocycles. The summed E-state index contributed by atoms with van der Waals surface area (Å²) in [7, 11) is 0. The van der Waals surface area contributed by atoms with Gasteiger partial charge in [0.25, 0.3) is 0 Å². The average Bonchev–Trinajstić information content (AvgIpc) is 2.17. The monoisotopic (exact) mass is 243 g/mol. The SMILES string of the molecule is O=CN[C@H]1CC[C@H]1c1ccc(Cl)cc1Cl. The van der Waals surface area contributed by atoms with Gasteiger partial charge in [-0.25, -0.2) is 0 Å². The highest BCUT2D eigenvalue weighted by molar-refractivity contribution is 6.35. The maximum atomic E-state index is 10.4. The normalized spacial score (nSPS) is 24.4. The van der Waals surface area contributed by atoms with Crippen molar-refractivity contribution in [2.45, 2.75) is 24.8 Å². The van der Waals surface area contributed by atoms with E-state index >= 15 is 0 Å². The van der Waals surface area contributed by atoms with Crippen LogP contribution in [0.3, 0.4) is 0 Å². The summed E-state index contributed by atoms with van der Waals surface area (Å²) in [6.45, 7) is 0. The lowest BCUT2D eigenvalue weighted by Crippen LogP contribution is -2.41. The van der Waals surface area contributed by atoms with Gasteiger partial charge in [0.1, 0.15) is 0 Å². The summed E-state index contributed by atoms with van der Waals surface area (Å²) in [6, 6.07) is 5.74. The van der Waals surface area contributed by atoms with Crippen molar-refractivity contribution in [1.82, 2.24) is 5.32 Å². The summed E-state index contributed by atoms with van der Waals surface area (Å²) in [6.07, 6.45) is 2.83. The Hall–Kier alpha value is -0.730. The summed E-state index contributed by atoms with van der Waals surface area (Å²) >= 11 is 11.9. The maximum Gasteiger partial charge on any atom is 0.207 e. The summed E-state index contributed by atoms with van der Waals surface area (Å²) in [4.78, 5) is 10.4. The Bertz CT molecular complexity index is 381. The number of halogens is 2. The Balaban J connectivity index is 2.19. The van der Waals surface area contributed by atoms with E-state index in [-0.39, 0.29) is 6.04 Å². The molecule has 0 unspecified atom stereocenters. The van der Waals surface area contributed by atoms with Gasteiger partial charge < -0.3 is 5.32 Å². The van der Waals surface area contributed by atoms with E-state index in [1.54, 1.807) is 6.07 Å². The first-order chi connectivity index (χ1) is 7.22. The number of carbonyl (C=O) groups is 1. The molecule has 2 atom stereocenters. The molecule has 0 heterocycles. The lowest BCUT2D eigenvalue weighted by atomic mass is 9.75. The Labute approximate surface area is 98.6 Å². The predicted molar refractivity (Wildman–Crippen MR) is 61.4 cm³/mol. The molecule has 0 saturated heterocycles. The third-order valence-electron chi connectivity index (χ3n) is 2.92. The van der Waals surface area contributed by atoms with Crippen LogP contribution >= 0.6 is 23.2 Å². The second-order valence-electron chi connectivity index (χ2n) is 3.74. The molecule has 0 spiro atoms. The Morgan fingerprint density at radius 3 is 2.67 bits per heavy atom. The maximum absolute atomic E-state index is 10.4. The van der Waals surface area contributed by atoms with E-state index in [2.05, 4.69) is 5.32 Å². The van der Waals surface area contributed by atoms with Crippen LogP contribution in [0.4, 0.5) is 0 Å². The lowest BCUT2D eigenvalue weighted by molar-refractivity contribution is -0.110. The molecule has 15 heavy (non-hydrogen) atoms. The predicted octanol–water partition coefficient (Wildman–Crippen LogP) is 2.99. The molecule has 1 saturated carbocycles. The Kier molecular flexibility index (Phi) is 3.17. The third-order valence-corrected chi connectivity index (χ3v) is 3.48. The molecule has 2 rings (SSSR count). The Morgan fingerprint density at radius 2 is 2.13 bits per heavy atom. The van der Waals surface area contributed by atoms with Crippen molar-refractivity contribution in [3.63, 3.8) is 0 Å². The molecular weight excluding hydrogens is 233 g/mol. The van der Waals surface area contributed by atoms with Crippen LogP contribution in [-0.4, -0.2) is 12.5 Å². The van der Waals surface area contributed by atoms with Crippen LogP contribution in [0.5, 0.6) is 0 Å². The van der Waals surface area contributed by atoms with Crippen molar-refractivity contribution in [3.8, 4) is 0 Å². The molecule has 1 aliphatic carbocycles. The van der Waals surface area contributed by atoms with E-state index in [1.165, 1.54) is 0 Å². The zero-order valence-electron chi connectivity index (χ0n) is 8.04. The van der Waals surface area contributed by atoms with Crippen LogP contribution in [0.1, 0.15) is 24.3 Å². The summed E-state index contributed by atoms with van der Waals surface area (Å²) < 4.78 is 0. The van der Waals surface area contributed by atoms with Gasteiger partial charge in [-0.3, -0.25) is 4.79 Å². The van der Waals surface area contributed by atoms with Crippen molar-refractivity contribution in [2.75, 3.05) is 0 Å². The minimum Gasteiger partial charge on any atom is -0.355 e. The lowest BCUT2D eigenvalue weighted by Gasteiger charge is -2.36. The summed E-state index contributed by atoms with van der Waals surface area (Å²) in [5.41, 5.74) is 1.08. The van der Waals surface area contributed by atoms with Crippen molar-refractivity contribution in [3.05, 3.63) is 33.8 Å². The van der Waals surface area contributed by atoms with Gasteiger partial charge in [0.15, 0.2) is 0 Å². The first kappa shape index (κ1) is 10.8. The van der Waals surface area contributed by atoms with Gasteiger partial charge in [-0.2, -0.15) is 0 Å². The minimum atomic E-state index is 0.223. The van der Waals surface area contributed by atoms with Crippen molar-refractivity contribution in [1.29, 1.82) is 0 Å². The molecule has 0 bridgehead atoms. The first-order valence-corrected chi connectivity index (χ1v) is 5.62. The molecule has 0 radical (unpaired) electrons. The van der Waals surface area contributed by atoms with E-state index in [0.29, 0.717) is 16.0 Å². The van der Waals surface area contributed by atoms with E-state index in [1.807, 2.05) is 12.1 Å². The average molecular weight is 244 g/mol. The second-order valence-corrected chi connectivity index (χ2v) is 4.58. The van der Waals surface area contributed by atoms with Crippen LogP contribution in [0, 0.1) is 0 Å². The van der Waals surface area contributed by atoms with Crippen LogP contribution in [0.2, 0.25) is 10.0 Å². The van der Waals surface area contributed by atoms with Gasteiger partial charge in [-0.05, 0) is 30.5 Å². The fourth-order valence-electron chi connectivity index (χ4n) is 1.96. The highest BCUT2D eigenvalue weighted by atomic mass is 35.5. The largest absolute Gasteiger partial charge is 0.355 e. The molecule has 1 aromatic rings.